The Morgan fingerprint density at radius 2 is 1.60 bits per heavy atom. The van der Waals surface area contributed by atoms with Crippen molar-refractivity contribution < 1.29 is 19.0 Å². The Morgan fingerprint density at radius 1 is 0.920 bits per heavy atom. The van der Waals surface area contributed by atoms with Gasteiger partial charge in [0, 0.05) is 12.1 Å². The van der Waals surface area contributed by atoms with Crippen LogP contribution in [-0.2, 0) is 17.8 Å². The number of amides is 1. The molecular formula is C20H25NO4. The fraction of sp³-hybridized carbons (Fsp3) is 0.350. The predicted molar refractivity (Wildman–Crippen MR) is 97.6 cm³/mol. The first-order chi connectivity index (χ1) is 12.0. The van der Waals surface area contributed by atoms with E-state index in [0.717, 1.165) is 28.0 Å². The van der Waals surface area contributed by atoms with Gasteiger partial charge in [0.15, 0.2) is 11.5 Å². The Morgan fingerprint density at radius 3 is 2.24 bits per heavy atom. The van der Waals surface area contributed by atoms with Gasteiger partial charge in [0.2, 0.25) is 5.91 Å². The summed E-state index contributed by atoms with van der Waals surface area (Å²) in [4.78, 5) is 12.3. The highest BCUT2D eigenvalue weighted by Gasteiger charge is 2.11. The summed E-state index contributed by atoms with van der Waals surface area (Å²) in [5.41, 5.74) is 4.09. The van der Waals surface area contributed by atoms with Crippen molar-refractivity contribution in [2.75, 3.05) is 21.3 Å². The molecule has 0 fully saturated rings. The van der Waals surface area contributed by atoms with Crippen LogP contribution in [0.25, 0.3) is 0 Å². The average molecular weight is 343 g/mol. The van der Waals surface area contributed by atoms with Gasteiger partial charge < -0.3 is 19.5 Å². The highest BCUT2D eigenvalue weighted by atomic mass is 16.5. The molecule has 2 rings (SSSR count). The van der Waals surface area contributed by atoms with E-state index in [1.165, 1.54) is 0 Å². The molecule has 0 heterocycles. The molecule has 5 nitrogen and oxygen atoms in total. The van der Waals surface area contributed by atoms with E-state index < -0.39 is 0 Å². The molecular weight excluding hydrogens is 318 g/mol. The van der Waals surface area contributed by atoms with Crippen LogP contribution in [0.1, 0.15) is 22.3 Å². The fourth-order valence-electron chi connectivity index (χ4n) is 2.79. The normalized spacial score (nSPS) is 10.3. The standard InChI is InChI=1S/C20H25NO4/c1-13-8-14(2)16(18(9-13)24-4)12-21-20(22)11-15-6-7-17(23-3)19(10-15)25-5/h6-10H,11-12H2,1-5H3,(H,21,22). The summed E-state index contributed by atoms with van der Waals surface area (Å²) in [6, 6.07) is 9.53. The summed E-state index contributed by atoms with van der Waals surface area (Å²) in [5.74, 6) is 1.99. The summed E-state index contributed by atoms with van der Waals surface area (Å²) in [7, 11) is 4.80. The molecule has 0 spiro atoms. The Balaban J connectivity index is 2.04. The maximum atomic E-state index is 12.3. The highest BCUT2D eigenvalue weighted by molar-refractivity contribution is 5.79. The molecule has 0 bridgehead atoms. The molecule has 0 atom stereocenters. The van der Waals surface area contributed by atoms with Crippen LogP contribution in [0.3, 0.4) is 0 Å². The van der Waals surface area contributed by atoms with Crippen LogP contribution in [0.5, 0.6) is 17.2 Å². The Labute approximate surface area is 148 Å². The SMILES string of the molecule is COc1ccc(CC(=O)NCc2c(C)cc(C)cc2OC)cc1OC. The molecule has 2 aromatic carbocycles. The topological polar surface area (TPSA) is 56.8 Å². The molecule has 0 unspecified atom stereocenters. The van der Waals surface area contributed by atoms with E-state index in [-0.39, 0.29) is 12.3 Å². The number of hydrogen-bond donors (Lipinski definition) is 1. The number of carbonyl (C=O) groups excluding carboxylic acids is 1. The van der Waals surface area contributed by atoms with Crippen molar-refractivity contribution >= 4 is 5.91 Å². The lowest BCUT2D eigenvalue weighted by atomic mass is 10.0. The lowest BCUT2D eigenvalue weighted by molar-refractivity contribution is -0.120. The van der Waals surface area contributed by atoms with Gasteiger partial charge in [0.1, 0.15) is 5.75 Å². The minimum absolute atomic E-state index is 0.0609. The summed E-state index contributed by atoms with van der Waals surface area (Å²) in [5, 5.41) is 2.96. The molecule has 0 aliphatic carbocycles. The summed E-state index contributed by atoms with van der Waals surface area (Å²) < 4.78 is 15.9. The Hall–Kier alpha value is -2.69. The van der Waals surface area contributed by atoms with Gasteiger partial charge in [-0.3, -0.25) is 4.79 Å². The third-order valence-electron chi connectivity index (χ3n) is 4.07. The van der Waals surface area contributed by atoms with Gasteiger partial charge in [-0.15, -0.1) is 0 Å². The van der Waals surface area contributed by atoms with Gasteiger partial charge in [-0.2, -0.15) is 0 Å². The first kappa shape index (κ1) is 18.6. The zero-order chi connectivity index (χ0) is 18.4. The van der Waals surface area contributed by atoms with Crippen LogP contribution in [0, 0.1) is 13.8 Å². The molecule has 2 aromatic rings. The summed E-state index contributed by atoms with van der Waals surface area (Å²) in [6.07, 6.45) is 0.271. The second-order valence-corrected chi connectivity index (χ2v) is 5.91. The van der Waals surface area contributed by atoms with Gasteiger partial charge in [0.25, 0.3) is 0 Å². The highest BCUT2D eigenvalue weighted by Crippen LogP contribution is 2.28. The van der Waals surface area contributed by atoms with Crippen molar-refractivity contribution in [3.05, 3.63) is 52.6 Å². The van der Waals surface area contributed by atoms with Crippen LogP contribution in [-0.4, -0.2) is 27.2 Å². The van der Waals surface area contributed by atoms with Crippen LogP contribution >= 0.6 is 0 Å². The van der Waals surface area contributed by atoms with Crippen molar-refractivity contribution in [1.29, 1.82) is 0 Å². The van der Waals surface area contributed by atoms with Gasteiger partial charge in [-0.1, -0.05) is 12.1 Å². The molecule has 1 amide bonds. The van der Waals surface area contributed by atoms with Crippen LogP contribution < -0.4 is 19.5 Å². The van der Waals surface area contributed by atoms with E-state index in [9.17, 15) is 4.79 Å². The van der Waals surface area contributed by atoms with Crippen molar-refractivity contribution in [1.82, 2.24) is 5.32 Å². The van der Waals surface area contributed by atoms with E-state index >= 15 is 0 Å². The molecule has 0 aliphatic heterocycles. The van der Waals surface area contributed by atoms with Crippen molar-refractivity contribution in [3.63, 3.8) is 0 Å². The second-order valence-electron chi connectivity index (χ2n) is 5.91. The summed E-state index contributed by atoms with van der Waals surface area (Å²) >= 11 is 0. The van der Waals surface area contributed by atoms with Crippen molar-refractivity contribution in [3.8, 4) is 17.2 Å². The zero-order valence-corrected chi connectivity index (χ0v) is 15.4. The van der Waals surface area contributed by atoms with Crippen molar-refractivity contribution in [2.24, 2.45) is 0 Å². The van der Waals surface area contributed by atoms with Crippen molar-refractivity contribution in [2.45, 2.75) is 26.8 Å². The second kappa shape index (κ2) is 8.42. The van der Waals surface area contributed by atoms with E-state index in [4.69, 9.17) is 14.2 Å². The number of nitrogens with one attached hydrogen (secondary N) is 1. The summed E-state index contributed by atoms with van der Waals surface area (Å²) in [6.45, 7) is 4.47. The number of rotatable bonds is 7. The van der Waals surface area contributed by atoms with Crippen LogP contribution in [0.4, 0.5) is 0 Å². The van der Waals surface area contributed by atoms with Gasteiger partial charge >= 0.3 is 0 Å². The molecule has 5 heteroatoms. The number of methoxy groups -OCH3 is 3. The number of aryl methyl sites for hydroxylation is 2. The molecule has 0 saturated heterocycles. The molecule has 0 radical (unpaired) electrons. The van der Waals surface area contributed by atoms with Gasteiger partial charge in [-0.05, 0) is 48.7 Å². The average Bonchev–Trinajstić information content (AvgIpc) is 2.60. The van der Waals surface area contributed by atoms with Gasteiger partial charge in [-0.25, -0.2) is 0 Å². The third-order valence-corrected chi connectivity index (χ3v) is 4.07. The first-order valence-corrected chi connectivity index (χ1v) is 8.10. The fourth-order valence-corrected chi connectivity index (χ4v) is 2.79. The maximum absolute atomic E-state index is 12.3. The smallest absolute Gasteiger partial charge is 0.224 e. The van der Waals surface area contributed by atoms with E-state index in [0.29, 0.717) is 18.0 Å². The van der Waals surface area contributed by atoms with E-state index in [2.05, 4.69) is 11.4 Å². The number of ether oxygens (including phenoxy) is 3. The minimum Gasteiger partial charge on any atom is -0.496 e. The predicted octanol–water partition coefficient (Wildman–Crippen LogP) is 3.19. The Kier molecular flexibility index (Phi) is 6.28. The number of benzene rings is 2. The molecule has 134 valence electrons. The molecule has 0 aliphatic rings. The van der Waals surface area contributed by atoms with Crippen LogP contribution in [0.2, 0.25) is 0 Å². The first-order valence-electron chi connectivity index (χ1n) is 8.10. The quantitative estimate of drug-likeness (QED) is 0.839. The molecule has 25 heavy (non-hydrogen) atoms. The third kappa shape index (κ3) is 4.66. The Bertz CT molecular complexity index is 756. The minimum atomic E-state index is -0.0609. The number of carbonyl (C=O) groups is 1. The van der Waals surface area contributed by atoms with E-state index in [1.54, 1.807) is 27.4 Å². The van der Waals surface area contributed by atoms with Gasteiger partial charge in [0.05, 0.1) is 27.8 Å². The molecule has 1 N–H and O–H groups in total. The maximum Gasteiger partial charge on any atom is 0.224 e. The monoisotopic (exact) mass is 343 g/mol. The lowest BCUT2D eigenvalue weighted by Crippen LogP contribution is -2.25. The number of hydrogen-bond acceptors (Lipinski definition) is 4. The van der Waals surface area contributed by atoms with E-state index in [1.807, 2.05) is 32.0 Å². The zero-order valence-electron chi connectivity index (χ0n) is 15.4. The molecule has 0 aromatic heterocycles. The largest absolute Gasteiger partial charge is 0.496 e. The lowest BCUT2D eigenvalue weighted by Gasteiger charge is -2.14. The van der Waals surface area contributed by atoms with Crippen LogP contribution in [0.15, 0.2) is 30.3 Å². The molecule has 0 saturated carbocycles.